The smallest absolute Gasteiger partial charge is 0.258 e. The van der Waals surface area contributed by atoms with E-state index >= 15 is 0 Å². The first-order valence-corrected chi connectivity index (χ1v) is 4.11. The molecule has 0 aliphatic carbocycles. The molecule has 0 aliphatic rings. The van der Waals surface area contributed by atoms with Crippen LogP contribution in [0.5, 0.6) is 0 Å². The fourth-order valence-electron chi connectivity index (χ4n) is 1.11. The average molecular weight is 210 g/mol. The van der Waals surface area contributed by atoms with Gasteiger partial charge in [0.15, 0.2) is 0 Å². The van der Waals surface area contributed by atoms with Crippen LogP contribution in [-0.4, -0.2) is 14.9 Å². The Balaban J connectivity index is 2.67. The van der Waals surface area contributed by atoms with E-state index in [2.05, 4.69) is 9.97 Å². The van der Waals surface area contributed by atoms with Crippen molar-refractivity contribution in [3.63, 3.8) is 0 Å². The molecule has 2 aromatic rings. The molecule has 6 heteroatoms. The van der Waals surface area contributed by atoms with Crippen LogP contribution in [0.3, 0.4) is 0 Å². The van der Waals surface area contributed by atoms with Crippen molar-refractivity contribution in [3.05, 3.63) is 39.8 Å². The molecule has 2 rings (SSSR count). The molecule has 0 N–H and O–H groups in total. The summed E-state index contributed by atoms with van der Waals surface area (Å²) in [6, 6.07) is 4.33. The van der Waals surface area contributed by atoms with Gasteiger partial charge in [0, 0.05) is 23.7 Å². The fraction of sp³-hybridized carbons (Fsp3) is 0. The van der Waals surface area contributed by atoms with Gasteiger partial charge in [-0.3, -0.25) is 10.1 Å². The third-order valence-corrected chi connectivity index (χ3v) is 1.93. The van der Waals surface area contributed by atoms with Gasteiger partial charge in [-0.05, 0) is 17.7 Å². The summed E-state index contributed by atoms with van der Waals surface area (Å²) in [5, 5.41) is 11.2. The monoisotopic (exact) mass is 209 g/mol. The lowest BCUT2D eigenvalue weighted by Crippen LogP contribution is -1.89. The van der Waals surface area contributed by atoms with E-state index in [0.717, 1.165) is 0 Å². The van der Waals surface area contributed by atoms with Crippen LogP contribution in [0.4, 0.5) is 5.69 Å². The second kappa shape index (κ2) is 3.19. The van der Waals surface area contributed by atoms with Crippen molar-refractivity contribution in [3.8, 4) is 0 Å². The molecule has 0 bridgehead atoms. The van der Waals surface area contributed by atoms with Crippen LogP contribution in [0.1, 0.15) is 0 Å². The van der Waals surface area contributed by atoms with Crippen LogP contribution in [0.15, 0.2) is 24.4 Å². The van der Waals surface area contributed by atoms with Crippen molar-refractivity contribution in [2.75, 3.05) is 0 Å². The number of halogens is 1. The number of hydrogen-bond donors (Lipinski definition) is 0. The molecule has 0 amide bonds. The molecule has 0 saturated carbocycles. The summed E-state index contributed by atoms with van der Waals surface area (Å²) in [5.74, 6) is 0. The first kappa shape index (κ1) is 8.83. The molecular weight excluding hydrogens is 206 g/mol. The molecule has 70 valence electrons. The number of benzene rings is 1. The van der Waals surface area contributed by atoms with Gasteiger partial charge in [-0.15, -0.1) is 0 Å². The molecule has 0 unspecified atom stereocenters. The first-order valence-electron chi connectivity index (χ1n) is 3.73. The van der Waals surface area contributed by atoms with Gasteiger partial charge in [-0.25, -0.2) is 9.97 Å². The van der Waals surface area contributed by atoms with E-state index in [-0.39, 0.29) is 11.0 Å². The minimum absolute atomic E-state index is 0.0171. The van der Waals surface area contributed by atoms with E-state index < -0.39 is 4.92 Å². The number of fused-ring (bicyclic) bond motifs is 1. The summed E-state index contributed by atoms with van der Waals surface area (Å²) in [7, 11) is 0. The number of aromatic nitrogens is 2. The van der Waals surface area contributed by atoms with Gasteiger partial charge < -0.3 is 0 Å². The van der Waals surface area contributed by atoms with Crippen LogP contribution in [0, 0.1) is 10.1 Å². The van der Waals surface area contributed by atoms with Gasteiger partial charge in [-0.2, -0.15) is 0 Å². The summed E-state index contributed by atoms with van der Waals surface area (Å²) in [6.07, 6.45) is 1.46. The van der Waals surface area contributed by atoms with Crippen molar-refractivity contribution in [1.29, 1.82) is 0 Å². The van der Waals surface area contributed by atoms with Gasteiger partial charge in [0.05, 0.1) is 10.4 Å². The maximum Gasteiger partial charge on any atom is 0.270 e. The van der Waals surface area contributed by atoms with Crippen molar-refractivity contribution < 1.29 is 4.92 Å². The first-order chi connectivity index (χ1) is 6.66. The van der Waals surface area contributed by atoms with Gasteiger partial charge >= 0.3 is 0 Å². The van der Waals surface area contributed by atoms with Gasteiger partial charge in [-0.1, -0.05) is 0 Å². The molecule has 0 atom stereocenters. The average Bonchev–Trinajstić information content (AvgIpc) is 2.16. The van der Waals surface area contributed by atoms with Crippen LogP contribution in [0.25, 0.3) is 10.9 Å². The zero-order valence-electron chi connectivity index (χ0n) is 6.85. The zero-order chi connectivity index (χ0) is 10.1. The molecule has 0 fully saturated rings. The van der Waals surface area contributed by atoms with E-state index in [4.69, 9.17) is 11.6 Å². The summed E-state index contributed by atoms with van der Waals surface area (Å²) in [5.41, 5.74) is 0.610. The Bertz CT molecular complexity index is 515. The number of rotatable bonds is 1. The number of nitrogens with zero attached hydrogens (tertiary/aromatic N) is 3. The highest BCUT2D eigenvalue weighted by molar-refractivity contribution is 6.28. The summed E-state index contributed by atoms with van der Waals surface area (Å²) in [4.78, 5) is 17.6. The summed E-state index contributed by atoms with van der Waals surface area (Å²) < 4.78 is 0. The SMILES string of the molecule is O=[N+]([O-])c1ccc2nc(Cl)ncc2c1. The lowest BCUT2D eigenvalue weighted by molar-refractivity contribution is -0.384. The van der Waals surface area contributed by atoms with Crippen LogP contribution in [-0.2, 0) is 0 Å². The molecule has 1 heterocycles. The van der Waals surface area contributed by atoms with Crippen molar-refractivity contribution in [2.45, 2.75) is 0 Å². The molecular formula is C8H4ClN3O2. The standard InChI is InChI=1S/C8H4ClN3O2/c9-8-10-4-5-3-6(12(13)14)1-2-7(5)11-8/h1-4H. The molecule has 0 spiro atoms. The van der Waals surface area contributed by atoms with Crippen LogP contribution >= 0.6 is 11.6 Å². The van der Waals surface area contributed by atoms with Crippen molar-refractivity contribution >= 4 is 28.2 Å². The number of nitro groups is 1. The molecule has 14 heavy (non-hydrogen) atoms. The molecule has 1 aromatic carbocycles. The highest BCUT2D eigenvalue weighted by Crippen LogP contribution is 2.19. The highest BCUT2D eigenvalue weighted by atomic mass is 35.5. The maximum absolute atomic E-state index is 10.5. The topological polar surface area (TPSA) is 68.9 Å². The van der Waals surface area contributed by atoms with E-state index in [1.807, 2.05) is 0 Å². The molecule has 0 aliphatic heterocycles. The third-order valence-electron chi connectivity index (χ3n) is 1.74. The van der Waals surface area contributed by atoms with Crippen molar-refractivity contribution in [1.82, 2.24) is 9.97 Å². The highest BCUT2D eigenvalue weighted by Gasteiger charge is 2.06. The zero-order valence-corrected chi connectivity index (χ0v) is 7.60. The van der Waals surface area contributed by atoms with Gasteiger partial charge in [0.25, 0.3) is 5.69 Å². The Kier molecular flexibility index (Phi) is 2.01. The molecule has 0 radical (unpaired) electrons. The third kappa shape index (κ3) is 1.49. The quantitative estimate of drug-likeness (QED) is 0.410. The van der Waals surface area contributed by atoms with E-state index in [1.54, 1.807) is 6.07 Å². The minimum atomic E-state index is -0.464. The number of hydrogen-bond acceptors (Lipinski definition) is 4. The largest absolute Gasteiger partial charge is 0.270 e. The van der Waals surface area contributed by atoms with E-state index in [0.29, 0.717) is 10.9 Å². The second-order valence-corrected chi connectivity index (χ2v) is 2.98. The normalized spacial score (nSPS) is 10.4. The Hall–Kier alpha value is -1.75. The summed E-state index contributed by atoms with van der Waals surface area (Å²) >= 11 is 5.56. The second-order valence-electron chi connectivity index (χ2n) is 2.64. The Morgan fingerprint density at radius 3 is 2.93 bits per heavy atom. The molecule has 5 nitrogen and oxygen atoms in total. The number of non-ortho nitro benzene ring substituents is 1. The Morgan fingerprint density at radius 1 is 1.43 bits per heavy atom. The number of nitro benzene ring substituents is 1. The predicted molar refractivity (Wildman–Crippen MR) is 51.2 cm³/mol. The fourth-order valence-corrected chi connectivity index (χ4v) is 1.25. The lowest BCUT2D eigenvalue weighted by Gasteiger charge is -1.96. The Labute approximate surface area is 83.5 Å². The minimum Gasteiger partial charge on any atom is -0.258 e. The summed E-state index contributed by atoms with van der Waals surface area (Å²) in [6.45, 7) is 0. The molecule has 1 aromatic heterocycles. The van der Waals surface area contributed by atoms with E-state index in [1.165, 1.54) is 18.3 Å². The lowest BCUT2D eigenvalue weighted by atomic mass is 10.2. The molecule has 0 saturated heterocycles. The maximum atomic E-state index is 10.5. The van der Waals surface area contributed by atoms with Gasteiger partial charge in [0.2, 0.25) is 5.28 Å². The predicted octanol–water partition coefficient (Wildman–Crippen LogP) is 2.19. The van der Waals surface area contributed by atoms with Crippen LogP contribution in [0.2, 0.25) is 5.28 Å². The Morgan fingerprint density at radius 2 is 2.21 bits per heavy atom. The van der Waals surface area contributed by atoms with Crippen LogP contribution < -0.4 is 0 Å². The van der Waals surface area contributed by atoms with Gasteiger partial charge in [0.1, 0.15) is 0 Å². The van der Waals surface area contributed by atoms with E-state index in [9.17, 15) is 10.1 Å². The van der Waals surface area contributed by atoms with Crippen molar-refractivity contribution in [2.24, 2.45) is 0 Å².